The van der Waals surface area contributed by atoms with Crippen molar-refractivity contribution in [3.05, 3.63) is 16.0 Å². The van der Waals surface area contributed by atoms with Crippen LogP contribution in [0.4, 0.5) is 5.95 Å². The number of likely N-dealkylation sites (tertiary alicyclic amines) is 1. The van der Waals surface area contributed by atoms with Gasteiger partial charge in [0, 0.05) is 23.5 Å². The van der Waals surface area contributed by atoms with E-state index in [1.165, 1.54) is 52.0 Å². The third-order valence-corrected chi connectivity index (χ3v) is 8.97. The molecule has 8 nitrogen and oxygen atoms in total. The number of carbonyl (C=O) groups excluding carboxylic acids is 1. The Morgan fingerprint density at radius 3 is 2.93 bits per heavy atom. The summed E-state index contributed by atoms with van der Waals surface area (Å²) < 4.78 is 2.17. The van der Waals surface area contributed by atoms with Crippen molar-refractivity contribution in [2.24, 2.45) is 5.92 Å². The zero-order chi connectivity index (χ0) is 20.2. The zero-order valence-electron chi connectivity index (χ0n) is 17.2. The third-order valence-electron chi connectivity index (χ3n) is 6.76. The van der Waals surface area contributed by atoms with E-state index in [1.807, 2.05) is 16.2 Å². The molecule has 2 saturated heterocycles. The van der Waals surface area contributed by atoms with E-state index in [9.17, 15) is 4.79 Å². The van der Waals surface area contributed by atoms with Crippen LogP contribution in [0.2, 0.25) is 0 Å². The SMILES string of the molecule is CC1CCN(C(=O)CSc2nnc3n2-c2sc4c(c2C2NCNN32)CCCC4)CC1. The molecule has 4 aliphatic rings. The van der Waals surface area contributed by atoms with Gasteiger partial charge in [-0.1, -0.05) is 18.7 Å². The van der Waals surface area contributed by atoms with E-state index in [1.54, 1.807) is 0 Å². The largest absolute Gasteiger partial charge is 0.342 e. The van der Waals surface area contributed by atoms with Gasteiger partial charge in [-0.3, -0.25) is 15.1 Å². The number of aromatic nitrogens is 3. The van der Waals surface area contributed by atoms with Crippen LogP contribution in [0.3, 0.4) is 0 Å². The number of fused-ring (bicyclic) bond motifs is 8. The van der Waals surface area contributed by atoms with Crippen molar-refractivity contribution >= 4 is 35.0 Å². The topological polar surface area (TPSA) is 78.3 Å². The van der Waals surface area contributed by atoms with E-state index < -0.39 is 0 Å². The molecule has 1 atom stereocenters. The van der Waals surface area contributed by atoms with Gasteiger partial charge in [0.2, 0.25) is 11.9 Å². The fourth-order valence-electron chi connectivity index (χ4n) is 5.02. The van der Waals surface area contributed by atoms with Crippen molar-refractivity contribution in [2.45, 2.75) is 56.8 Å². The predicted octanol–water partition coefficient (Wildman–Crippen LogP) is 2.44. The van der Waals surface area contributed by atoms with E-state index in [-0.39, 0.29) is 12.1 Å². The number of thioether (sulfide) groups is 1. The first kappa shape index (κ1) is 19.1. The summed E-state index contributed by atoms with van der Waals surface area (Å²) >= 11 is 3.41. The van der Waals surface area contributed by atoms with Gasteiger partial charge in [0.1, 0.15) is 11.2 Å². The average molecular weight is 446 g/mol. The van der Waals surface area contributed by atoms with Crippen molar-refractivity contribution in [1.82, 2.24) is 30.4 Å². The minimum atomic E-state index is 0.115. The van der Waals surface area contributed by atoms with Gasteiger partial charge in [-0.25, -0.2) is 9.99 Å². The van der Waals surface area contributed by atoms with Crippen LogP contribution in [-0.2, 0) is 17.6 Å². The molecule has 6 rings (SSSR count). The fourth-order valence-corrected chi connectivity index (χ4v) is 7.33. The lowest BCUT2D eigenvalue weighted by Gasteiger charge is -2.31. The summed E-state index contributed by atoms with van der Waals surface area (Å²) in [5.41, 5.74) is 6.30. The molecule has 30 heavy (non-hydrogen) atoms. The molecule has 0 aromatic carbocycles. The molecule has 160 valence electrons. The summed E-state index contributed by atoms with van der Waals surface area (Å²) in [6, 6.07) is 0. The maximum absolute atomic E-state index is 12.8. The normalized spacial score (nSPS) is 23.2. The number of hydrazine groups is 1. The molecule has 2 aromatic rings. The molecule has 1 unspecified atom stereocenters. The van der Waals surface area contributed by atoms with Crippen LogP contribution in [0, 0.1) is 5.92 Å². The minimum absolute atomic E-state index is 0.115. The number of nitrogens with one attached hydrogen (secondary N) is 2. The van der Waals surface area contributed by atoms with Crippen LogP contribution < -0.4 is 15.8 Å². The monoisotopic (exact) mass is 445 g/mol. The molecule has 0 bridgehead atoms. The number of nitrogens with zero attached hydrogens (tertiary/aromatic N) is 5. The first-order chi connectivity index (χ1) is 14.7. The smallest absolute Gasteiger partial charge is 0.249 e. The highest BCUT2D eigenvalue weighted by molar-refractivity contribution is 7.99. The number of hydrogen-bond acceptors (Lipinski definition) is 8. The maximum atomic E-state index is 12.8. The number of aryl methyl sites for hydroxylation is 1. The Balaban J connectivity index is 1.30. The van der Waals surface area contributed by atoms with E-state index in [0.29, 0.717) is 5.75 Å². The molecule has 3 aliphatic heterocycles. The molecule has 5 heterocycles. The molecule has 0 spiro atoms. The van der Waals surface area contributed by atoms with E-state index in [0.717, 1.165) is 56.0 Å². The lowest BCUT2D eigenvalue weighted by Crippen LogP contribution is -2.39. The predicted molar refractivity (Wildman–Crippen MR) is 118 cm³/mol. The number of anilines is 1. The van der Waals surface area contributed by atoms with Crippen molar-refractivity contribution in [1.29, 1.82) is 0 Å². The maximum Gasteiger partial charge on any atom is 0.249 e. The molecule has 2 fully saturated rings. The second-order valence-electron chi connectivity index (χ2n) is 8.71. The highest BCUT2D eigenvalue weighted by Crippen LogP contribution is 2.47. The third kappa shape index (κ3) is 2.99. The molecule has 1 amide bonds. The van der Waals surface area contributed by atoms with Crippen molar-refractivity contribution < 1.29 is 4.79 Å². The summed E-state index contributed by atoms with van der Waals surface area (Å²) in [7, 11) is 0. The number of carbonyl (C=O) groups is 1. The van der Waals surface area contributed by atoms with Crippen LogP contribution in [0.1, 0.15) is 54.8 Å². The summed E-state index contributed by atoms with van der Waals surface area (Å²) in [6.45, 7) is 4.75. The van der Waals surface area contributed by atoms with E-state index in [4.69, 9.17) is 0 Å². The van der Waals surface area contributed by atoms with Gasteiger partial charge < -0.3 is 4.90 Å². The Morgan fingerprint density at radius 1 is 1.23 bits per heavy atom. The molecule has 0 saturated carbocycles. The summed E-state index contributed by atoms with van der Waals surface area (Å²) in [5.74, 6) is 2.17. The Labute approximate surface area is 184 Å². The van der Waals surface area contributed by atoms with Gasteiger partial charge in [0.05, 0.1) is 12.4 Å². The van der Waals surface area contributed by atoms with Gasteiger partial charge in [-0.15, -0.1) is 21.5 Å². The van der Waals surface area contributed by atoms with Crippen LogP contribution >= 0.6 is 23.1 Å². The minimum Gasteiger partial charge on any atom is -0.342 e. The summed E-state index contributed by atoms with van der Waals surface area (Å²) in [6.07, 6.45) is 7.18. The highest BCUT2D eigenvalue weighted by Gasteiger charge is 2.41. The average Bonchev–Trinajstić information content (AvgIpc) is 3.47. The van der Waals surface area contributed by atoms with Crippen molar-refractivity contribution in [3.63, 3.8) is 0 Å². The van der Waals surface area contributed by atoms with Crippen molar-refractivity contribution in [3.8, 4) is 5.00 Å². The number of amides is 1. The molecule has 2 N–H and O–H groups in total. The Bertz CT molecular complexity index is 978. The van der Waals surface area contributed by atoms with Gasteiger partial charge >= 0.3 is 0 Å². The first-order valence-electron chi connectivity index (χ1n) is 11.0. The Hall–Kier alpha value is -1.62. The Morgan fingerprint density at radius 2 is 2.07 bits per heavy atom. The van der Waals surface area contributed by atoms with Gasteiger partial charge in [0.15, 0.2) is 5.16 Å². The standard InChI is InChI=1S/C20H27N7OS2/c1-12-6-8-25(9-7-12)15(28)10-29-20-24-23-19-26(20)18-16(17-21-11-22-27(17)19)13-4-2-3-5-14(13)30-18/h12,17,21-22H,2-11H2,1H3. The summed E-state index contributed by atoms with van der Waals surface area (Å²) in [4.78, 5) is 16.3. The van der Waals surface area contributed by atoms with Gasteiger partial charge in [0.25, 0.3) is 0 Å². The second-order valence-corrected chi connectivity index (χ2v) is 10.7. The number of hydrogen-bond donors (Lipinski definition) is 2. The number of thiophene rings is 1. The van der Waals surface area contributed by atoms with Crippen molar-refractivity contribution in [2.75, 3.05) is 30.5 Å². The molecule has 2 aromatic heterocycles. The molecule has 10 heteroatoms. The molecular weight excluding hydrogens is 418 g/mol. The van der Waals surface area contributed by atoms with Crippen LogP contribution in [0.5, 0.6) is 0 Å². The van der Waals surface area contributed by atoms with Crippen LogP contribution in [-0.4, -0.2) is 51.1 Å². The number of rotatable bonds is 3. The van der Waals surface area contributed by atoms with Gasteiger partial charge in [-0.05, 0) is 50.0 Å². The first-order valence-corrected chi connectivity index (χ1v) is 12.8. The van der Waals surface area contributed by atoms with E-state index >= 15 is 0 Å². The fraction of sp³-hybridized carbons (Fsp3) is 0.650. The van der Waals surface area contributed by atoms with Crippen LogP contribution in [0.25, 0.3) is 5.00 Å². The highest BCUT2D eigenvalue weighted by atomic mass is 32.2. The lowest BCUT2D eigenvalue weighted by atomic mass is 9.94. The molecular formula is C20H27N7OS2. The second kappa shape index (κ2) is 7.51. The quantitative estimate of drug-likeness (QED) is 0.703. The Kier molecular flexibility index (Phi) is 4.78. The zero-order valence-corrected chi connectivity index (χ0v) is 18.8. The van der Waals surface area contributed by atoms with Crippen LogP contribution in [0.15, 0.2) is 5.16 Å². The van der Waals surface area contributed by atoms with Gasteiger partial charge in [-0.2, -0.15) is 0 Å². The number of piperidine rings is 1. The molecule has 0 radical (unpaired) electrons. The summed E-state index contributed by atoms with van der Waals surface area (Å²) in [5, 5.41) is 16.7. The van der Waals surface area contributed by atoms with E-state index in [2.05, 4.69) is 37.4 Å². The molecule has 1 aliphatic carbocycles. The lowest BCUT2D eigenvalue weighted by molar-refractivity contribution is -0.129.